The molecule has 0 fully saturated rings. The molecule has 0 amide bonds. The van der Waals surface area contributed by atoms with E-state index in [0.29, 0.717) is 24.4 Å². The molecule has 0 N–H and O–H groups in total. The molecular weight excluding hydrogens is 328 g/mol. The second-order valence-electron chi connectivity index (χ2n) is 8.13. The Morgan fingerprint density at radius 1 is 0.926 bits per heavy atom. The van der Waals surface area contributed by atoms with Crippen molar-refractivity contribution >= 4 is 0 Å². The van der Waals surface area contributed by atoms with Crippen molar-refractivity contribution in [1.82, 2.24) is 4.90 Å². The summed E-state index contributed by atoms with van der Waals surface area (Å²) in [5, 5.41) is 9.10. The van der Waals surface area contributed by atoms with Crippen molar-refractivity contribution in [3.63, 3.8) is 0 Å². The molecule has 0 saturated heterocycles. The Balaban J connectivity index is 2.29. The zero-order valence-electron chi connectivity index (χ0n) is 17.6. The lowest BCUT2D eigenvalue weighted by atomic mass is 9.85. The average molecular weight is 363 g/mol. The molecule has 1 unspecified atom stereocenters. The second-order valence-corrected chi connectivity index (χ2v) is 8.13. The minimum absolute atomic E-state index is 0.464. The van der Waals surface area contributed by atoms with E-state index < -0.39 is 0 Å². The van der Waals surface area contributed by atoms with E-state index in [-0.39, 0.29) is 0 Å². The Labute approximate surface area is 165 Å². The summed E-state index contributed by atoms with van der Waals surface area (Å²) in [6.45, 7) is 12.4. The number of nitriles is 1. The van der Waals surface area contributed by atoms with E-state index in [0.717, 1.165) is 24.9 Å². The van der Waals surface area contributed by atoms with Crippen molar-refractivity contribution in [1.29, 1.82) is 5.26 Å². The van der Waals surface area contributed by atoms with E-state index in [4.69, 9.17) is 5.26 Å². The van der Waals surface area contributed by atoms with E-state index in [2.05, 4.69) is 94.1 Å². The largest absolute Gasteiger partial charge is 0.299 e. The van der Waals surface area contributed by atoms with Crippen molar-refractivity contribution in [2.75, 3.05) is 6.54 Å². The Bertz CT molecular complexity index is 733. The van der Waals surface area contributed by atoms with Gasteiger partial charge in [-0.1, -0.05) is 48.5 Å². The number of nitrogens with zero attached hydrogens (tertiary/aromatic N) is 2. The van der Waals surface area contributed by atoms with Gasteiger partial charge >= 0.3 is 0 Å². The van der Waals surface area contributed by atoms with E-state index in [1.54, 1.807) is 0 Å². The summed E-state index contributed by atoms with van der Waals surface area (Å²) in [4.78, 5) is 2.58. The van der Waals surface area contributed by atoms with Crippen LogP contribution in [0.1, 0.15) is 62.3 Å². The van der Waals surface area contributed by atoms with Gasteiger partial charge in [0.2, 0.25) is 0 Å². The Morgan fingerprint density at radius 2 is 1.59 bits per heavy atom. The van der Waals surface area contributed by atoms with Crippen LogP contribution < -0.4 is 0 Å². The van der Waals surface area contributed by atoms with Crippen LogP contribution in [0.2, 0.25) is 0 Å². The smallest absolute Gasteiger partial charge is 0.0669 e. The van der Waals surface area contributed by atoms with Crippen LogP contribution in [-0.2, 0) is 12.8 Å². The first-order valence-electron chi connectivity index (χ1n) is 10.2. The first-order chi connectivity index (χ1) is 12.9. The van der Waals surface area contributed by atoms with Crippen LogP contribution in [0, 0.1) is 18.3 Å². The lowest BCUT2D eigenvalue weighted by molar-refractivity contribution is 0.168. The summed E-state index contributed by atoms with van der Waals surface area (Å²) in [7, 11) is 0. The molecule has 2 aromatic carbocycles. The molecule has 0 radical (unpaired) electrons. The lowest BCUT2D eigenvalue weighted by Crippen LogP contribution is -2.38. The van der Waals surface area contributed by atoms with Crippen LogP contribution in [0.5, 0.6) is 0 Å². The van der Waals surface area contributed by atoms with Gasteiger partial charge in [-0.05, 0) is 82.2 Å². The van der Waals surface area contributed by atoms with Crippen LogP contribution in [0.15, 0.2) is 48.5 Å². The van der Waals surface area contributed by atoms with Gasteiger partial charge in [-0.25, -0.2) is 0 Å². The predicted molar refractivity (Wildman–Crippen MR) is 115 cm³/mol. The quantitative estimate of drug-likeness (QED) is 0.555. The number of hydrogen-bond acceptors (Lipinski definition) is 2. The maximum absolute atomic E-state index is 9.10. The number of rotatable bonds is 9. The van der Waals surface area contributed by atoms with Crippen LogP contribution in [0.4, 0.5) is 0 Å². The Hall–Kier alpha value is -2.11. The summed E-state index contributed by atoms with van der Waals surface area (Å²) in [5.41, 5.74) is 5.24. The monoisotopic (exact) mass is 362 g/mol. The molecule has 2 heteroatoms. The standard InChI is InChI=1S/C25H34N2/c1-19(2)27(20(3)4)16-14-24(17-22-9-7-6-8-10-22)25-18-23(13-15-26)12-11-21(25)5/h6-12,18-20,24H,13-14,16-17H2,1-5H3. The minimum atomic E-state index is 0.464. The molecule has 0 saturated carbocycles. The molecule has 0 spiro atoms. The van der Waals surface area contributed by atoms with Crippen LogP contribution in [-0.4, -0.2) is 23.5 Å². The molecule has 0 aromatic heterocycles. The van der Waals surface area contributed by atoms with E-state index in [1.165, 1.54) is 16.7 Å². The molecule has 0 heterocycles. The predicted octanol–water partition coefficient (Wildman–Crippen LogP) is 5.90. The summed E-state index contributed by atoms with van der Waals surface area (Å²) >= 11 is 0. The molecule has 27 heavy (non-hydrogen) atoms. The molecule has 2 rings (SSSR count). The Morgan fingerprint density at radius 3 is 2.19 bits per heavy atom. The fourth-order valence-corrected chi connectivity index (χ4v) is 4.01. The van der Waals surface area contributed by atoms with Gasteiger partial charge in [-0.15, -0.1) is 0 Å². The van der Waals surface area contributed by atoms with Crippen LogP contribution >= 0.6 is 0 Å². The maximum Gasteiger partial charge on any atom is 0.0669 e. The third kappa shape index (κ3) is 6.22. The van der Waals surface area contributed by atoms with Gasteiger partial charge in [0.1, 0.15) is 0 Å². The van der Waals surface area contributed by atoms with Crippen molar-refractivity contribution in [3.8, 4) is 6.07 Å². The van der Waals surface area contributed by atoms with Crippen molar-refractivity contribution < 1.29 is 0 Å². The first kappa shape index (κ1) is 21.2. The minimum Gasteiger partial charge on any atom is -0.299 e. The van der Waals surface area contributed by atoms with Gasteiger partial charge in [0.25, 0.3) is 0 Å². The van der Waals surface area contributed by atoms with Gasteiger partial charge in [0.15, 0.2) is 0 Å². The fourth-order valence-electron chi connectivity index (χ4n) is 4.01. The van der Waals surface area contributed by atoms with Gasteiger partial charge in [-0.2, -0.15) is 5.26 Å². The molecule has 1 atom stereocenters. The number of hydrogen-bond donors (Lipinski definition) is 0. The van der Waals surface area contributed by atoms with Gasteiger partial charge < -0.3 is 0 Å². The normalized spacial score (nSPS) is 12.6. The summed E-state index contributed by atoms with van der Waals surface area (Å²) in [5.74, 6) is 0.464. The van der Waals surface area contributed by atoms with Crippen LogP contribution in [0.3, 0.4) is 0 Å². The van der Waals surface area contributed by atoms with Gasteiger partial charge in [0, 0.05) is 12.1 Å². The van der Waals surface area contributed by atoms with E-state index >= 15 is 0 Å². The zero-order chi connectivity index (χ0) is 19.8. The fraction of sp³-hybridized carbons (Fsp3) is 0.480. The van der Waals surface area contributed by atoms with Gasteiger partial charge in [-0.3, -0.25) is 4.90 Å². The van der Waals surface area contributed by atoms with Crippen molar-refractivity contribution in [3.05, 3.63) is 70.8 Å². The third-order valence-corrected chi connectivity index (χ3v) is 5.45. The molecule has 2 aromatic rings. The number of aryl methyl sites for hydroxylation is 1. The van der Waals surface area contributed by atoms with E-state index in [9.17, 15) is 0 Å². The lowest BCUT2D eigenvalue weighted by Gasteiger charge is -2.32. The molecule has 0 aliphatic carbocycles. The molecular formula is C25H34N2. The van der Waals surface area contributed by atoms with Crippen LogP contribution in [0.25, 0.3) is 0 Å². The van der Waals surface area contributed by atoms with Gasteiger partial charge in [0.05, 0.1) is 12.5 Å². The molecule has 144 valence electrons. The maximum atomic E-state index is 9.10. The Kier molecular flexibility index (Phi) is 8.07. The topological polar surface area (TPSA) is 27.0 Å². The second kappa shape index (κ2) is 10.3. The highest BCUT2D eigenvalue weighted by atomic mass is 15.2. The highest BCUT2D eigenvalue weighted by molar-refractivity contribution is 5.36. The molecule has 0 aliphatic heterocycles. The molecule has 0 aliphatic rings. The highest BCUT2D eigenvalue weighted by Gasteiger charge is 2.19. The third-order valence-electron chi connectivity index (χ3n) is 5.45. The van der Waals surface area contributed by atoms with Crippen molar-refractivity contribution in [2.24, 2.45) is 0 Å². The molecule has 2 nitrogen and oxygen atoms in total. The number of benzene rings is 2. The SMILES string of the molecule is Cc1ccc(CC#N)cc1C(CCN(C(C)C)C(C)C)Cc1ccccc1. The summed E-state index contributed by atoms with van der Waals surface area (Å²) < 4.78 is 0. The summed E-state index contributed by atoms with van der Waals surface area (Å²) in [6, 6.07) is 20.7. The summed E-state index contributed by atoms with van der Waals surface area (Å²) in [6.07, 6.45) is 2.65. The average Bonchev–Trinajstić information content (AvgIpc) is 2.63. The van der Waals surface area contributed by atoms with Crippen molar-refractivity contribution in [2.45, 2.75) is 71.9 Å². The highest BCUT2D eigenvalue weighted by Crippen LogP contribution is 2.29. The first-order valence-corrected chi connectivity index (χ1v) is 10.2. The zero-order valence-corrected chi connectivity index (χ0v) is 17.6. The van der Waals surface area contributed by atoms with E-state index in [1.807, 2.05) is 0 Å². The molecule has 0 bridgehead atoms.